The first-order valence-corrected chi connectivity index (χ1v) is 9.29. The van der Waals surface area contributed by atoms with E-state index in [1.54, 1.807) is 6.20 Å². The zero-order chi connectivity index (χ0) is 18.5. The maximum Gasteiger partial charge on any atom is 0.138 e. The molecule has 0 radical (unpaired) electrons. The summed E-state index contributed by atoms with van der Waals surface area (Å²) in [6.07, 6.45) is 1.78. The SMILES string of the molecule is CC1=C(c2nc3ccccc3[nH]2)C(c2ccc(Cl)c(Cl)c2)n2nccc2N1. The lowest BCUT2D eigenvalue weighted by Gasteiger charge is -2.29. The number of benzene rings is 2. The molecule has 1 aliphatic rings. The van der Waals surface area contributed by atoms with Gasteiger partial charge in [-0.2, -0.15) is 5.10 Å². The molecule has 1 unspecified atom stereocenters. The van der Waals surface area contributed by atoms with Crippen molar-refractivity contribution in [3.05, 3.63) is 81.9 Å². The Morgan fingerprint density at radius 2 is 1.89 bits per heavy atom. The van der Waals surface area contributed by atoms with Crippen molar-refractivity contribution in [1.82, 2.24) is 19.7 Å². The minimum absolute atomic E-state index is 0.174. The van der Waals surface area contributed by atoms with Crippen molar-refractivity contribution in [2.24, 2.45) is 0 Å². The van der Waals surface area contributed by atoms with Crippen molar-refractivity contribution in [1.29, 1.82) is 0 Å². The van der Waals surface area contributed by atoms with E-state index in [1.807, 2.05) is 60.1 Å². The highest BCUT2D eigenvalue weighted by molar-refractivity contribution is 6.42. The van der Waals surface area contributed by atoms with Gasteiger partial charge in [0.25, 0.3) is 0 Å². The van der Waals surface area contributed by atoms with Crippen LogP contribution in [0.2, 0.25) is 10.0 Å². The summed E-state index contributed by atoms with van der Waals surface area (Å²) in [6.45, 7) is 2.05. The Morgan fingerprint density at radius 1 is 1.04 bits per heavy atom. The Kier molecular flexibility index (Phi) is 3.74. The van der Waals surface area contributed by atoms with Crippen LogP contribution in [0, 0.1) is 0 Å². The predicted octanol–water partition coefficient (Wildman–Crippen LogP) is 5.51. The molecular weight excluding hydrogens is 381 g/mol. The van der Waals surface area contributed by atoms with E-state index >= 15 is 0 Å². The third-order valence-corrected chi connectivity index (χ3v) is 5.55. The van der Waals surface area contributed by atoms with Gasteiger partial charge in [0.1, 0.15) is 17.7 Å². The third-order valence-electron chi connectivity index (χ3n) is 4.81. The van der Waals surface area contributed by atoms with Crippen molar-refractivity contribution in [2.75, 3.05) is 5.32 Å². The van der Waals surface area contributed by atoms with Gasteiger partial charge in [0.2, 0.25) is 0 Å². The van der Waals surface area contributed by atoms with E-state index < -0.39 is 0 Å². The van der Waals surface area contributed by atoms with Crippen molar-refractivity contribution < 1.29 is 0 Å². The molecule has 3 heterocycles. The molecule has 134 valence electrons. The average Bonchev–Trinajstić information content (AvgIpc) is 3.28. The molecule has 2 aromatic heterocycles. The molecule has 7 heteroatoms. The maximum atomic E-state index is 6.31. The Balaban J connectivity index is 1.74. The summed E-state index contributed by atoms with van der Waals surface area (Å²) >= 11 is 12.4. The Bertz CT molecular complexity index is 1170. The van der Waals surface area contributed by atoms with Crippen LogP contribution in [0.5, 0.6) is 0 Å². The fraction of sp³-hybridized carbons (Fsp3) is 0.100. The molecule has 0 aliphatic carbocycles. The summed E-state index contributed by atoms with van der Waals surface area (Å²) in [4.78, 5) is 8.24. The first-order valence-electron chi connectivity index (χ1n) is 8.53. The normalized spacial score (nSPS) is 16.5. The predicted molar refractivity (Wildman–Crippen MR) is 109 cm³/mol. The first-order chi connectivity index (χ1) is 13.1. The first kappa shape index (κ1) is 16.4. The molecule has 0 amide bonds. The van der Waals surface area contributed by atoms with E-state index in [0.717, 1.165) is 39.5 Å². The zero-order valence-corrected chi connectivity index (χ0v) is 15.9. The molecule has 1 atom stereocenters. The van der Waals surface area contributed by atoms with Gasteiger partial charge >= 0.3 is 0 Å². The molecular formula is C20H15Cl2N5. The van der Waals surface area contributed by atoms with E-state index in [2.05, 4.69) is 15.4 Å². The number of hydrogen-bond donors (Lipinski definition) is 2. The number of aromatic amines is 1. The Labute approximate surface area is 165 Å². The molecule has 0 fully saturated rings. The number of hydrogen-bond acceptors (Lipinski definition) is 3. The number of halogens is 2. The second-order valence-electron chi connectivity index (χ2n) is 6.50. The molecule has 4 aromatic rings. The van der Waals surface area contributed by atoms with Crippen LogP contribution in [-0.2, 0) is 0 Å². The quantitative estimate of drug-likeness (QED) is 0.470. The summed E-state index contributed by atoms with van der Waals surface area (Å²) in [6, 6.07) is 15.4. The summed E-state index contributed by atoms with van der Waals surface area (Å²) < 4.78 is 1.94. The lowest BCUT2D eigenvalue weighted by molar-refractivity contribution is 0.616. The van der Waals surface area contributed by atoms with Crippen molar-refractivity contribution >= 4 is 45.6 Å². The van der Waals surface area contributed by atoms with Gasteiger partial charge in [-0.15, -0.1) is 0 Å². The van der Waals surface area contributed by atoms with Crippen LogP contribution in [-0.4, -0.2) is 19.7 Å². The summed E-state index contributed by atoms with van der Waals surface area (Å²) in [7, 11) is 0. The summed E-state index contributed by atoms with van der Waals surface area (Å²) in [5.41, 5.74) is 4.93. The molecule has 0 saturated heterocycles. The van der Waals surface area contributed by atoms with Crippen molar-refractivity contribution in [3.63, 3.8) is 0 Å². The van der Waals surface area contributed by atoms with Gasteiger partial charge in [-0.05, 0) is 36.8 Å². The van der Waals surface area contributed by atoms with E-state index in [0.29, 0.717) is 10.0 Å². The monoisotopic (exact) mass is 395 g/mol. The van der Waals surface area contributed by atoms with Crippen LogP contribution in [0.3, 0.4) is 0 Å². The number of imidazole rings is 1. The number of nitrogens with one attached hydrogen (secondary N) is 2. The van der Waals surface area contributed by atoms with Gasteiger partial charge in [0, 0.05) is 17.3 Å². The lowest BCUT2D eigenvalue weighted by atomic mass is 9.95. The summed E-state index contributed by atoms with van der Waals surface area (Å²) in [5.74, 6) is 1.72. The van der Waals surface area contributed by atoms with Gasteiger partial charge in [0.05, 0.1) is 27.3 Å². The third kappa shape index (κ3) is 2.62. The van der Waals surface area contributed by atoms with Gasteiger partial charge < -0.3 is 10.3 Å². The average molecular weight is 396 g/mol. The number of allylic oxidation sites excluding steroid dienone is 2. The van der Waals surface area contributed by atoms with Crippen LogP contribution in [0.4, 0.5) is 5.82 Å². The van der Waals surface area contributed by atoms with Crippen LogP contribution in [0.15, 0.2) is 60.4 Å². The molecule has 27 heavy (non-hydrogen) atoms. The molecule has 5 rings (SSSR count). The molecule has 2 N–H and O–H groups in total. The second-order valence-corrected chi connectivity index (χ2v) is 7.32. The number of anilines is 1. The molecule has 0 spiro atoms. The van der Waals surface area contributed by atoms with E-state index in [4.69, 9.17) is 28.2 Å². The van der Waals surface area contributed by atoms with Crippen molar-refractivity contribution in [3.8, 4) is 0 Å². The maximum absolute atomic E-state index is 6.31. The minimum Gasteiger partial charge on any atom is -0.344 e. The topological polar surface area (TPSA) is 58.5 Å². The van der Waals surface area contributed by atoms with E-state index in [-0.39, 0.29) is 6.04 Å². The smallest absolute Gasteiger partial charge is 0.138 e. The Hall–Kier alpha value is -2.76. The number of fused-ring (bicyclic) bond motifs is 2. The summed E-state index contributed by atoms with van der Waals surface area (Å²) in [5, 5.41) is 9.00. The van der Waals surface area contributed by atoms with E-state index in [1.165, 1.54) is 0 Å². The van der Waals surface area contributed by atoms with Gasteiger partial charge in [0.15, 0.2) is 0 Å². The fourth-order valence-corrected chi connectivity index (χ4v) is 3.89. The Morgan fingerprint density at radius 3 is 2.70 bits per heavy atom. The number of aromatic nitrogens is 4. The van der Waals surface area contributed by atoms with Crippen LogP contribution < -0.4 is 5.32 Å². The van der Waals surface area contributed by atoms with Gasteiger partial charge in [-0.1, -0.05) is 41.4 Å². The lowest BCUT2D eigenvalue weighted by Crippen LogP contribution is -2.24. The molecule has 1 aliphatic heterocycles. The minimum atomic E-state index is -0.174. The van der Waals surface area contributed by atoms with Crippen LogP contribution in [0.1, 0.15) is 24.4 Å². The number of nitrogens with zero attached hydrogens (tertiary/aromatic N) is 3. The van der Waals surface area contributed by atoms with Crippen LogP contribution >= 0.6 is 23.2 Å². The number of rotatable bonds is 2. The molecule has 0 bridgehead atoms. The second kappa shape index (κ2) is 6.15. The highest BCUT2D eigenvalue weighted by Gasteiger charge is 2.31. The standard InChI is InChI=1S/C20H15Cl2N5/c1-11-18(20-25-15-4-2-3-5-16(15)26-20)19(27-17(24-11)8-9-23-27)12-6-7-13(21)14(22)10-12/h2-10,19,24H,1H3,(H,25,26). The molecule has 5 nitrogen and oxygen atoms in total. The molecule has 2 aromatic carbocycles. The zero-order valence-electron chi connectivity index (χ0n) is 14.4. The molecule has 0 saturated carbocycles. The fourth-order valence-electron chi connectivity index (χ4n) is 3.58. The highest BCUT2D eigenvalue weighted by atomic mass is 35.5. The van der Waals surface area contributed by atoms with Crippen molar-refractivity contribution in [2.45, 2.75) is 13.0 Å². The number of para-hydroxylation sites is 2. The number of H-pyrrole nitrogens is 1. The van der Waals surface area contributed by atoms with Gasteiger partial charge in [-0.25, -0.2) is 9.67 Å². The van der Waals surface area contributed by atoms with Crippen LogP contribution in [0.25, 0.3) is 16.6 Å². The van der Waals surface area contributed by atoms with Gasteiger partial charge in [-0.3, -0.25) is 0 Å². The highest BCUT2D eigenvalue weighted by Crippen LogP contribution is 2.41. The van der Waals surface area contributed by atoms with E-state index in [9.17, 15) is 0 Å². The largest absolute Gasteiger partial charge is 0.344 e.